The highest BCUT2D eigenvalue weighted by Gasteiger charge is 2.28. The number of rotatable bonds is 7. The number of hydrogen-bond donors (Lipinski definition) is 1. The van der Waals surface area contributed by atoms with Gasteiger partial charge in [-0.3, -0.25) is 9.10 Å². The molecule has 1 heterocycles. The molecule has 0 aliphatic carbocycles. The van der Waals surface area contributed by atoms with E-state index in [-0.39, 0.29) is 23.6 Å². The minimum atomic E-state index is -3.19. The fraction of sp³-hybridized carbons (Fsp3) is 0.348. The summed E-state index contributed by atoms with van der Waals surface area (Å²) in [5.41, 5.74) is 2.51. The summed E-state index contributed by atoms with van der Waals surface area (Å²) in [6.07, 6.45) is 3.87. The predicted molar refractivity (Wildman–Crippen MR) is 120 cm³/mol. The minimum Gasteiger partial charge on any atom is -0.497 e. The molecular weight excluding hydrogens is 400 g/mol. The van der Waals surface area contributed by atoms with Crippen LogP contribution in [-0.2, 0) is 14.8 Å². The van der Waals surface area contributed by atoms with Crippen LogP contribution in [0.1, 0.15) is 37.4 Å². The maximum Gasteiger partial charge on any atom is 0.244 e. The van der Waals surface area contributed by atoms with E-state index < -0.39 is 10.0 Å². The normalized spacial score (nSPS) is 16.7. The zero-order valence-corrected chi connectivity index (χ0v) is 18.4. The summed E-state index contributed by atoms with van der Waals surface area (Å²) in [5, 5.41) is 3.05. The molecule has 1 atom stereocenters. The van der Waals surface area contributed by atoms with Crippen molar-refractivity contribution in [1.29, 1.82) is 0 Å². The van der Waals surface area contributed by atoms with Gasteiger partial charge in [0.15, 0.2) is 0 Å². The summed E-state index contributed by atoms with van der Waals surface area (Å²) >= 11 is 0. The number of carbonyl (C=O) groups is 1. The first kappa shape index (κ1) is 21.9. The first-order valence-electron chi connectivity index (χ1n) is 10.0. The third kappa shape index (κ3) is 5.21. The van der Waals surface area contributed by atoms with Crippen molar-refractivity contribution in [2.45, 2.75) is 26.3 Å². The lowest BCUT2D eigenvalue weighted by Crippen LogP contribution is -2.30. The molecule has 0 radical (unpaired) electrons. The second-order valence-corrected chi connectivity index (χ2v) is 9.68. The Kier molecular flexibility index (Phi) is 6.82. The molecule has 1 fully saturated rings. The van der Waals surface area contributed by atoms with Crippen molar-refractivity contribution in [2.24, 2.45) is 5.92 Å². The molecule has 7 heteroatoms. The van der Waals surface area contributed by atoms with Crippen LogP contribution in [0, 0.1) is 5.92 Å². The summed E-state index contributed by atoms with van der Waals surface area (Å²) < 4.78 is 30.7. The van der Waals surface area contributed by atoms with E-state index in [1.54, 1.807) is 25.3 Å². The Morgan fingerprint density at radius 2 is 1.77 bits per heavy atom. The summed E-state index contributed by atoms with van der Waals surface area (Å²) in [6.45, 7) is 4.63. The van der Waals surface area contributed by atoms with Gasteiger partial charge in [-0.05, 0) is 53.8 Å². The second-order valence-electron chi connectivity index (χ2n) is 7.67. The van der Waals surface area contributed by atoms with Gasteiger partial charge in [-0.1, -0.05) is 38.1 Å². The molecule has 2 aromatic carbocycles. The lowest BCUT2D eigenvalue weighted by molar-refractivity contribution is -0.117. The van der Waals surface area contributed by atoms with E-state index in [9.17, 15) is 13.2 Å². The average molecular weight is 429 g/mol. The molecule has 2 aromatic rings. The van der Waals surface area contributed by atoms with Gasteiger partial charge < -0.3 is 10.1 Å². The molecule has 6 nitrogen and oxygen atoms in total. The Bertz CT molecular complexity index is 997. The number of methoxy groups -OCH3 is 1. The maximum absolute atomic E-state index is 12.5. The molecule has 1 unspecified atom stereocenters. The molecule has 3 rings (SSSR count). The number of nitrogens with zero attached hydrogens (tertiary/aromatic N) is 1. The molecule has 0 saturated carbocycles. The summed E-state index contributed by atoms with van der Waals surface area (Å²) in [4.78, 5) is 12.5. The van der Waals surface area contributed by atoms with Crippen molar-refractivity contribution in [3.8, 4) is 5.75 Å². The fourth-order valence-corrected chi connectivity index (χ4v) is 5.07. The van der Waals surface area contributed by atoms with Gasteiger partial charge >= 0.3 is 0 Å². The molecule has 1 aliphatic heterocycles. The fourth-order valence-electron chi connectivity index (χ4n) is 3.50. The third-order valence-electron chi connectivity index (χ3n) is 5.15. The number of anilines is 1. The number of sulfonamides is 1. The van der Waals surface area contributed by atoms with E-state index in [0.717, 1.165) is 16.9 Å². The van der Waals surface area contributed by atoms with Crippen LogP contribution in [0.25, 0.3) is 6.08 Å². The Morgan fingerprint density at radius 1 is 1.10 bits per heavy atom. The van der Waals surface area contributed by atoms with Gasteiger partial charge in [-0.25, -0.2) is 8.42 Å². The SMILES string of the molecule is COc1ccc(C(NC(=O)/C=C/c2ccc(N3CCCS3(=O)=O)cc2)C(C)C)cc1. The average Bonchev–Trinajstić information content (AvgIpc) is 3.09. The summed E-state index contributed by atoms with van der Waals surface area (Å²) in [5.74, 6) is 1.01. The van der Waals surface area contributed by atoms with Crippen molar-refractivity contribution in [1.82, 2.24) is 5.32 Å². The third-order valence-corrected chi connectivity index (χ3v) is 7.02. The van der Waals surface area contributed by atoms with E-state index in [1.165, 1.54) is 10.4 Å². The van der Waals surface area contributed by atoms with Crippen molar-refractivity contribution in [3.63, 3.8) is 0 Å². The largest absolute Gasteiger partial charge is 0.497 e. The van der Waals surface area contributed by atoms with E-state index in [1.807, 2.05) is 36.4 Å². The van der Waals surface area contributed by atoms with Crippen molar-refractivity contribution >= 4 is 27.7 Å². The minimum absolute atomic E-state index is 0.115. The first-order valence-corrected chi connectivity index (χ1v) is 11.6. The predicted octanol–water partition coefficient (Wildman–Crippen LogP) is 3.76. The summed E-state index contributed by atoms with van der Waals surface area (Å²) in [7, 11) is -1.56. The van der Waals surface area contributed by atoms with Crippen molar-refractivity contribution in [2.75, 3.05) is 23.7 Å². The van der Waals surface area contributed by atoms with Crippen LogP contribution < -0.4 is 14.4 Å². The molecule has 1 amide bonds. The smallest absolute Gasteiger partial charge is 0.244 e. The van der Waals surface area contributed by atoms with Gasteiger partial charge in [0.25, 0.3) is 0 Å². The molecular formula is C23H28N2O4S. The van der Waals surface area contributed by atoms with Crippen molar-refractivity contribution < 1.29 is 17.9 Å². The Hall–Kier alpha value is -2.80. The highest BCUT2D eigenvalue weighted by Crippen LogP contribution is 2.25. The van der Waals surface area contributed by atoms with E-state index >= 15 is 0 Å². The van der Waals surface area contributed by atoms with Gasteiger partial charge in [0.2, 0.25) is 15.9 Å². The van der Waals surface area contributed by atoms with Gasteiger partial charge in [-0.2, -0.15) is 0 Å². The standard InChI is InChI=1S/C23H28N2O4S/c1-17(2)23(19-8-12-21(29-3)13-9-19)24-22(26)14-7-18-5-10-20(11-6-18)25-15-4-16-30(25,27)28/h5-14,17,23H,4,15-16H2,1-3H3,(H,24,26)/b14-7+. The van der Waals surface area contributed by atoms with Gasteiger partial charge in [0.1, 0.15) is 5.75 Å². The lowest BCUT2D eigenvalue weighted by Gasteiger charge is -2.22. The maximum atomic E-state index is 12.5. The highest BCUT2D eigenvalue weighted by atomic mass is 32.2. The number of amides is 1. The zero-order valence-electron chi connectivity index (χ0n) is 17.5. The van der Waals surface area contributed by atoms with Crippen LogP contribution >= 0.6 is 0 Å². The van der Waals surface area contributed by atoms with Crippen LogP contribution in [0.3, 0.4) is 0 Å². The monoisotopic (exact) mass is 428 g/mol. The number of hydrogen-bond acceptors (Lipinski definition) is 4. The van der Waals surface area contributed by atoms with Crippen LogP contribution in [0.5, 0.6) is 5.75 Å². The first-order chi connectivity index (χ1) is 14.3. The van der Waals surface area contributed by atoms with E-state index in [2.05, 4.69) is 19.2 Å². The Labute approximate surface area is 178 Å². The molecule has 0 aromatic heterocycles. The lowest BCUT2D eigenvalue weighted by atomic mass is 9.96. The topological polar surface area (TPSA) is 75.7 Å². The molecule has 1 saturated heterocycles. The van der Waals surface area contributed by atoms with Gasteiger partial charge in [0, 0.05) is 12.6 Å². The number of benzene rings is 2. The number of nitrogens with one attached hydrogen (secondary N) is 1. The summed E-state index contributed by atoms with van der Waals surface area (Å²) in [6, 6.07) is 14.7. The molecule has 1 aliphatic rings. The van der Waals surface area contributed by atoms with Gasteiger partial charge in [-0.15, -0.1) is 0 Å². The number of ether oxygens (including phenoxy) is 1. The molecule has 1 N–H and O–H groups in total. The molecule has 0 spiro atoms. The van der Waals surface area contributed by atoms with Gasteiger partial charge in [0.05, 0.1) is 24.6 Å². The Morgan fingerprint density at radius 3 is 2.30 bits per heavy atom. The molecule has 0 bridgehead atoms. The second kappa shape index (κ2) is 9.34. The van der Waals surface area contributed by atoms with Crippen LogP contribution in [0.15, 0.2) is 54.6 Å². The molecule has 160 valence electrons. The Balaban J connectivity index is 1.65. The number of carbonyl (C=O) groups excluding carboxylic acids is 1. The van der Waals surface area contributed by atoms with Crippen LogP contribution in [0.2, 0.25) is 0 Å². The highest BCUT2D eigenvalue weighted by molar-refractivity contribution is 7.93. The zero-order chi connectivity index (χ0) is 21.7. The van der Waals surface area contributed by atoms with Crippen molar-refractivity contribution in [3.05, 3.63) is 65.7 Å². The molecule has 30 heavy (non-hydrogen) atoms. The van der Waals surface area contributed by atoms with E-state index in [0.29, 0.717) is 18.7 Å². The van der Waals surface area contributed by atoms with Crippen LogP contribution in [-0.4, -0.2) is 33.7 Å². The van der Waals surface area contributed by atoms with E-state index in [4.69, 9.17) is 4.74 Å². The van der Waals surface area contributed by atoms with Crippen LogP contribution in [0.4, 0.5) is 5.69 Å². The quantitative estimate of drug-likeness (QED) is 0.682.